The van der Waals surface area contributed by atoms with Crippen molar-refractivity contribution in [1.29, 1.82) is 0 Å². The molecule has 1 aliphatic rings. The van der Waals surface area contributed by atoms with Gasteiger partial charge in [-0.3, -0.25) is 4.98 Å². The maximum atomic E-state index is 6.02. The molecule has 3 aromatic rings. The van der Waals surface area contributed by atoms with E-state index in [4.69, 9.17) is 5.73 Å². The maximum absolute atomic E-state index is 6.02. The minimum Gasteiger partial charge on any atom is -0.383 e. The first-order valence-corrected chi connectivity index (χ1v) is 7.91. The molecule has 0 amide bonds. The molecule has 0 spiro atoms. The number of hydrogen-bond acceptors (Lipinski definition) is 6. The van der Waals surface area contributed by atoms with E-state index >= 15 is 0 Å². The summed E-state index contributed by atoms with van der Waals surface area (Å²) in [7, 11) is 0. The lowest BCUT2D eigenvalue weighted by Crippen LogP contribution is -2.02. The van der Waals surface area contributed by atoms with Crippen LogP contribution in [-0.2, 0) is 11.5 Å². The summed E-state index contributed by atoms with van der Waals surface area (Å²) < 4.78 is 1.15. The van der Waals surface area contributed by atoms with Gasteiger partial charge in [-0.05, 0) is 17.5 Å². The molecule has 94 valence electrons. The summed E-state index contributed by atoms with van der Waals surface area (Å²) in [6.07, 6.45) is 1.82. The maximum Gasteiger partial charge on any atom is 0.163 e. The van der Waals surface area contributed by atoms with E-state index in [9.17, 15) is 0 Å². The highest BCUT2D eigenvalue weighted by Gasteiger charge is 2.19. The number of anilines is 1. The van der Waals surface area contributed by atoms with Crippen molar-refractivity contribution in [2.24, 2.45) is 0 Å². The second-order valence-electron chi connectivity index (χ2n) is 4.38. The summed E-state index contributed by atoms with van der Waals surface area (Å²) in [4.78, 5) is 13.5. The number of aromatic nitrogens is 3. The molecule has 0 atom stereocenters. The van der Waals surface area contributed by atoms with Crippen LogP contribution in [0.1, 0.15) is 11.3 Å². The van der Waals surface area contributed by atoms with Crippen LogP contribution in [0.15, 0.2) is 23.7 Å². The minimum atomic E-state index is 0.608. The van der Waals surface area contributed by atoms with Gasteiger partial charge in [-0.1, -0.05) is 0 Å². The number of pyridine rings is 1. The van der Waals surface area contributed by atoms with Gasteiger partial charge in [0.2, 0.25) is 0 Å². The van der Waals surface area contributed by atoms with E-state index in [1.807, 2.05) is 29.4 Å². The third kappa shape index (κ3) is 1.79. The van der Waals surface area contributed by atoms with Crippen molar-refractivity contribution in [2.45, 2.75) is 11.5 Å². The molecular formula is C13H10N4S2. The number of thioether (sulfide) groups is 1. The zero-order chi connectivity index (χ0) is 12.8. The summed E-state index contributed by atoms with van der Waals surface area (Å²) in [5.74, 6) is 3.13. The van der Waals surface area contributed by atoms with Crippen LogP contribution in [0.25, 0.3) is 21.6 Å². The average molecular weight is 286 g/mol. The highest BCUT2D eigenvalue weighted by molar-refractivity contribution is 7.98. The summed E-state index contributed by atoms with van der Waals surface area (Å²) in [5, 5.41) is 2.04. The molecule has 1 aliphatic heterocycles. The fraction of sp³-hybridized carbons (Fsp3) is 0.154. The Bertz CT molecular complexity index is 781. The van der Waals surface area contributed by atoms with Crippen LogP contribution >= 0.6 is 23.1 Å². The van der Waals surface area contributed by atoms with Crippen LogP contribution in [0, 0.1) is 0 Å². The van der Waals surface area contributed by atoms with Gasteiger partial charge in [0.1, 0.15) is 5.82 Å². The third-order valence-electron chi connectivity index (χ3n) is 3.17. The molecule has 0 radical (unpaired) electrons. The largest absolute Gasteiger partial charge is 0.383 e. The van der Waals surface area contributed by atoms with Crippen molar-refractivity contribution < 1.29 is 0 Å². The zero-order valence-electron chi connectivity index (χ0n) is 9.96. The number of nitrogens with zero attached hydrogens (tertiary/aromatic N) is 3. The van der Waals surface area contributed by atoms with Crippen molar-refractivity contribution in [3.63, 3.8) is 0 Å². The Morgan fingerprint density at radius 2 is 2.16 bits per heavy atom. The predicted octanol–water partition coefficient (Wildman–Crippen LogP) is 3.08. The molecule has 0 bridgehead atoms. The van der Waals surface area contributed by atoms with Crippen LogP contribution in [0.2, 0.25) is 0 Å². The zero-order valence-corrected chi connectivity index (χ0v) is 11.6. The Morgan fingerprint density at radius 3 is 3.11 bits per heavy atom. The molecule has 3 aromatic heterocycles. The average Bonchev–Trinajstić information content (AvgIpc) is 3.06. The lowest BCUT2D eigenvalue weighted by molar-refractivity contribution is 1.08. The smallest absolute Gasteiger partial charge is 0.163 e. The first kappa shape index (κ1) is 11.2. The molecule has 0 saturated heterocycles. The van der Waals surface area contributed by atoms with Gasteiger partial charge in [0.05, 0.1) is 15.9 Å². The van der Waals surface area contributed by atoms with Gasteiger partial charge in [-0.15, -0.1) is 11.3 Å². The first-order chi connectivity index (χ1) is 9.31. The third-order valence-corrected chi connectivity index (χ3v) is 4.99. The number of thiophene rings is 1. The fourth-order valence-electron chi connectivity index (χ4n) is 2.17. The number of nitrogen functional groups attached to an aromatic ring is 1. The van der Waals surface area contributed by atoms with Crippen LogP contribution in [0.4, 0.5) is 5.82 Å². The van der Waals surface area contributed by atoms with Crippen molar-refractivity contribution >= 4 is 39.1 Å². The molecule has 0 aromatic carbocycles. The quantitative estimate of drug-likeness (QED) is 0.744. The van der Waals surface area contributed by atoms with E-state index in [1.54, 1.807) is 11.3 Å². The van der Waals surface area contributed by atoms with Gasteiger partial charge in [0.25, 0.3) is 0 Å². The van der Waals surface area contributed by atoms with Gasteiger partial charge >= 0.3 is 0 Å². The minimum absolute atomic E-state index is 0.608. The Labute approximate surface area is 118 Å². The summed E-state index contributed by atoms with van der Waals surface area (Å²) in [6.45, 7) is 0. The van der Waals surface area contributed by atoms with E-state index in [-0.39, 0.29) is 0 Å². The molecule has 6 heteroatoms. The molecule has 0 unspecified atom stereocenters. The Morgan fingerprint density at radius 1 is 1.21 bits per heavy atom. The van der Waals surface area contributed by atoms with E-state index in [2.05, 4.69) is 21.0 Å². The van der Waals surface area contributed by atoms with Crippen LogP contribution < -0.4 is 5.73 Å². The normalized spacial score (nSPS) is 13.9. The monoisotopic (exact) mass is 286 g/mol. The second-order valence-corrected chi connectivity index (χ2v) is 6.31. The standard InChI is InChI=1S/C13H10N4S2/c14-12-8-5-18-6-10(8)16-13(17-12)7-3-11-9(15-4-7)1-2-19-11/h1-4H,5-6H2,(H2,14,16,17). The number of rotatable bonds is 1. The van der Waals surface area contributed by atoms with Gasteiger partial charge in [-0.2, -0.15) is 11.8 Å². The molecule has 0 fully saturated rings. The van der Waals surface area contributed by atoms with E-state index in [0.29, 0.717) is 11.6 Å². The van der Waals surface area contributed by atoms with Crippen molar-refractivity contribution in [3.8, 4) is 11.4 Å². The molecule has 19 heavy (non-hydrogen) atoms. The lowest BCUT2D eigenvalue weighted by Gasteiger charge is -2.06. The van der Waals surface area contributed by atoms with E-state index < -0.39 is 0 Å². The summed E-state index contributed by atoms with van der Waals surface area (Å²) in [6, 6.07) is 4.09. The summed E-state index contributed by atoms with van der Waals surface area (Å²) in [5.41, 5.74) is 10.1. The lowest BCUT2D eigenvalue weighted by atomic mass is 10.2. The Hall–Kier alpha value is -1.66. The summed E-state index contributed by atoms with van der Waals surface area (Å²) >= 11 is 3.50. The van der Waals surface area contributed by atoms with Gasteiger partial charge in [0, 0.05) is 28.8 Å². The van der Waals surface area contributed by atoms with E-state index in [0.717, 1.165) is 38.5 Å². The molecule has 4 heterocycles. The van der Waals surface area contributed by atoms with Gasteiger partial charge in [-0.25, -0.2) is 9.97 Å². The Kier molecular flexibility index (Phi) is 2.46. The van der Waals surface area contributed by atoms with Crippen molar-refractivity contribution in [3.05, 3.63) is 35.0 Å². The molecule has 4 nitrogen and oxygen atoms in total. The topological polar surface area (TPSA) is 64.7 Å². The van der Waals surface area contributed by atoms with Crippen molar-refractivity contribution in [2.75, 3.05) is 5.73 Å². The molecule has 4 rings (SSSR count). The molecule has 0 aliphatic carbocycles. The number of fused-ring (bicyclic) bond motifs is 2. The van der Waals surface area contributed by atoms with Crippen LogP contribution in [0.5, 0.6) is 0 Å². The van der Waals surface area contributed by atoms with Crippen LogP contribution in [-0.4, -0.2) is 15.0 Å². The highest BCUT2D eigenvalue weighted by atomic mass is 32.2. The second kappa shape index (κ2) is 4.18. The number of hydrogen-bond donors (Lipinski definition) is 1. The van der Waals surface area contributed by atoms with Crippen LogP contribution in [0.3, 0.4) is 0 Å². The molecular weight excluding hydrogens is 276 g/mol. The first-order valence-electron chi connectivity index (χ1n) is 5.88. The fourth-order valence-corrected chi connectivity index (χ4v) is 4.01. The van der Waals surface area contributed by atoms with Gasteiger partial charge in [0.15, 0.2) is 5.82 Å². The molecule has 2 N–H and O–H groups in total. The SMILES string of the molecule is Nc1nc(-c2cnc3ccsc3c2)nc2c1CSC2. The van der Waals surface area contributed by atoms with Gasteiger partial charge < -0.3 is 5.73 Å². The predicted molar refractivity (Wildman–Crippen MR) is 80.1 cm³/mol. The molecule has 0 saturated carbocycles. The number of nitrogens with two attached hydrogens (primary N) is 1. The van der Waals surface area contributed by atoms with E-state index in [1.165, 1.54) is 0 Å². The highest BCUT2D eigenvalue weighted by Crippen LogP contribution is 2.33. The van der Waals surface area contributed by atoms with Crippen molar-refractivity contribution in [1.82, 2.24) is 15.0 Å². The Balaban J connectivity index is 1.89.